The van der Waals surface area contributed by atoms with E-state index in [1.54, 1.807) is 0 Å². The summed E-state index contributed by atoms with van der Waals surface area (Å²) in [4.78, 5) is 0. The van der Waals surface area contributed by atoms with Gasteiger partial charge in [0.1, 0.15) is 0 Å². The molecular formula is C15H32BS2. The minimum Gasteiger partial charge on any atom is -0.234 e. The zero-order valence-electron chi connectivity index (χ0n) is 13.6. The number of rotatable bonds is 8. The fourth-order valence-corrected chi connectivity index (χ4v) is 5.10. The maximum absolute atomic E-state index is 4.53. The summed E-state index contributed by atoms with van der Waals surface area (Å²) in [7, 11) is 0. The zero-order valence-corrected chi connectivity index (χ0v) is 15.3. The molecular weight excluding hydrogens is 255 g/mol. The van der Waals surface area contributed by atoms with E-state index in [9.17, 15) is 0 Å². The molecule has 0 amide bonds. The van der Waals surface area contributed by atoms with Gasteiger partial charge < -0.3 is 0 Å². The molecule has 0 nitrogen and oxygen atoms in total. The Bertz CT molecular complexity index is 249. The summed E-state index contributed by atoms with van der Waals surface area (Å²) in [6.45, 7) is 18.7. The molecule has 0 fully saturated rings. The Morgan fingerprint density at radius 3 is 1.94 bits per heavy atom. The van der Waals surface area contributed by atoms with E-state index in [1.165, 1.54) is 19.3 Å². The molecule has 0 spiro atoms. The lowest BCUT2D eigenvalue weighted by atomic mass is 9.50. The van der Waals surface area contributed by atoms with Crippen LogP contribution in [0.15, 0.2) is 0 Å². The molecule has 107 valence electrons. The Kier molecular flexibility index (Phi) is 7.27. The van der Waals surface area contributed by atoms with Crippen molar-refractivity contribution in [3.8, 4) is 0 Å². The molecule has 1 unspecified atom stereocenters. The summed E-state index contributed by atoms with van der Waals surface area (Å²) in [5.74, 6) is 0.661. The average Bonchev–Trinajstić information content (AvgIpc) is 2.29. The second-order valence-corrected chi connectivity index (χ2v) is 8.23. The van der Waals surface area contributed by atoms with Crippen LogP contribution in [-0.4, -0.2) is 17.6 Å². The van der Waals surface area contributed by atoms with Crippen LogP contribution in [0.2, 0.25) is 5.31 Å². The lowest BCUT2D eigenvalue weighted by Gasteiger charge is -2.57. The van der Waals surface area contributed by atoms with Gasteiger partial charge in [-0.3, -0.25) is 0 Å². The molecule has 0 bridgehead atoms. The Morgan fingerprint density at radius 2 is 1.67 bits per heavy atom. The lowest BCUT2D eigenvalue weighted by molar-refractivity contribution is 0.127. The minimum atomic E-state index is 0.123. The minimum absolute atomic E-state index is 0.123. The van der Waals surface area contributed by atoms with Gasteiger partial charge >= 0.3 is 0 Å². The fourth-order valence-electron chi connectivity index (χ4n) is 3.10. The van der Waals surface area contributed by atoms with Crippen molar-refractivity contribution in [3.05, 3.63) is 0 Å². The van der Waals surface area contributed by atoms with Crippen LogP contribution >= 0.6 is 24.2 Å². The lowest BCUT2D eigenvalue weighted by Crippen LogP contribution is -2.53. The van der Waals surface area contributed by atoms with Gasteiger partial charge in [-0.15, -0.1) is 0 Å². The zero-order chi connectivity index (χ0) is 14.6. The van der Waals surface area contributed by atoms with Gasteiger partial charge in [0.2, 0.25) is 0 Å². The van der Waals surface area contributed by atoms with Crippen molar-refractivity contribution in [1.29, 1.82) is 0 Å². The molecule has 0 aliphatic carbocycles. The molecule has 0 N–H and O–H groups in total. The normalized spacial score (nSPS) is 16.8. The molecule has 0 aromatic heterocycles. The van der Waals surface area contributed by atoms with Crippen molar-refractivity contribution in [2.24, 2.45) is 11.3 Å². The van der Waals surface area contributed by atoms with Crippen molar-refractivity contribution in [2.45, 2.75) is 77.8 Å². The summed E-state index contributed by atoms with van der Waals surface area (Å²) >= 11 is 6.58. The van der Waals surface area contributed by atoms with Crippen molar-refractivity contribution >= 4 is 30.8 Å². The third kappa shape index (κ3) is 3.26. The van der Waals surface area contributed by atoms with Gasteiger partial charge in [0, 0.05) is 4.75 Å². The van der Waals surface area contributed by atoms with Crippen molar-refractivity contribution in [1.82, 2.24) is 0 Å². The van der Waals surface area contributed by atoms with E-state index >= 15 is 0 Å². The Labute approximate surface area is 126 Å². The Hall–Kier alpha value is 0.765. The molecule has 18 heavy (non-hydrogen) atoms. The van der Waals surface area contributed by atoms with E-state index in [-0.39, 0.29) is 15.5 Å². The Balaban J connectivity index is 5.64. The van der Waals surface area contributed by atoms with Crippen LogP contribution < -0.4 is 0 Å². The summed E-state index contributed by atoms with van der Waals surface area (Å²) in [5.41, 5.74) is 0.282. The molecule has 0 aliphatic rings. The predicted molar refractivity (Wildman–Crippen MR) is 93.2 cm³/mol. The summed E-state index contributed by atoms with van der Waals surface area (Å²) < 4.78 is 0.242. The van der Waals surface area contributed by atoms with Crippen LogP contribution in [0, 0.1) is 11.3 Å². The number of hydrogen-bond donors (Lipinski definition) is 1. The highest BCUT2D eigenvalue weighted by atomic mass is 32.2. The number of unbranched alkanes of at least 4 members (excludes halogenated alkanes) is 1. The largest absolute Gasteiger partial charge is 0.234 e. The third-order valence-corrected chi connectivity index (χ3v) is 7.68. The molecule has 0 saturated heterocycles. The van der Waals surface area contributed by atoms with E-state index in [4.69, 9.17) is 0 Å². The first-order chi connectivity index (χ1) is 8.13. The first-order valence-electron chi connectivity index (χ1n) is 7.16. The van der Waals surface area contributed by atoms with Gasteiger partial charge in [0.15, 0.2) is 6.56 Å². The van der Waals surface area contributed by atoms with E-state index in [0.717, 1.165) is 0 Å². The van der Waals surface area contributed by atoms with Crippen LogP contribution in [0.3, 0.4) is 0 Å². The van der Waals surface area contributed by atoms with Gasteiger partial charge in [-0.05, 0) is 29.3 Å². The van der Waals surface area contributed by atoms with Crippen LogP contribution in [0.5, 0.6) is 0 Å². The standard InChI is InChI=1S/C15H32BS2/c1-9-10-11-15(18-8,14(6,7)16-17)13(4,5)12(2)3/h12,17H,9-11H2,1-8H3. The van der Waals surface area contributed by atoms with Crippen LogP contribution in [-0.2, 0) is 0 Å². The molecule has 0 aromatic carbocycles. The molecule has 3 heteroatoms. The van der Waals surface area contributed by atoms with Gasteiger partial charge in [0.25, 0.3) is 0 Å². The maximum atomic E-state index is 4.53. The molecule has 0 aromatic rings. The highest BCUT2D eigenvalue weighted by molar-refractivity contribution is 8.07. The quantitative estimate of drug-likeness (QED) is 0.441. The van der Waals surface area contributed by atoms with Gasteiger partial charge in [-0.1, -0.05) is 61.3 Å². The highest BCUT2D eigenvalue weighted by Crippen LogP contribution is 2.61. The van der Waals surface area contributed by atoms with E-state index in [1.807, 2.05) is 11.8 Å². The maximum Gasteiger partial charge on any atom is 0.195 e. The average molecular weight is 287 g/mol. The number of thiol groups is 1. The second-order valence-electron chi connectivity index (χ2n) is 6.86. The molecule has 0 heterocycles. The van der Waals surface area contributed by atoms with Crippen molar-refractivity contribution < 1.29 is 0 Å². The van der Waals surface area contributed by atoms with Crippen LogP contribution in [0.25, 0.3) is 0 Å². The molecule has 0 aliphatic heterocycles. The van der Waals surface area contributed by atoms with Gasteiger partial charge in [-0.2, -0.15) is 11.8 Å². The predicted octanol–water partition coefficient (Wildman–Crippen LogP) is 5.71. The van der Waals surface area contributed by atoms with E-state index in [0.29, 0.717) is 5.92 Å². The SMILES string of the molecule is CCCCC(SC)(C(C)(C)[B]S)C(C)(C)C(C)C. The third-order valence-electron chi connectivity index (χ3n) is 5.08. The summed E-state index contributed by atoms with van der Waals surface area (Å²) in [6, 6.07) is 0. The number of thioether (sulfide) groups is 1. The van der Waals surface area contributed by atoms with Crippen molar-refractivity contribution in [3.63, 3.8) is 0 Å². The Morgan fingerprint density at radius 1 is 1.17 bits per heavy atom. The first-order valence-corrected chi connectivity index (χ1v) is 8.90. The fraction of sp³-hybridized carbons (Fsp3) is 1.00. The second kappa shape index (κ2) is 6.97. The van der Waals surface area contributed by atoms with Crippen LogP contribution in [0.4, 0.5) is 0 Å². The van der Waals surface area contributed by atoms with E-state index < -0.39 is 0 Å². The molecule has 1 radical (unpaired) electrons. The molecule has 0 rings (SSSR count). The molecule has 0 saturated carbocycles. The van der Waals surface area contributed by atoms with Gasteiger partial charge in [0.05, 0.1) is 0 Å². The van der Waals surface area contributed by atoms with Crippen LogP contribution in [0.1, 0.15) is 67.7 Å². The monoisotopic (exact) mass is 287 g/mol. The smallest absolute Gasteiger partial charge is 0.195 e. The summed E-state index contributed by atoms with van der Waals surface area (Å²) in [5, 5.41) is 0.123. The highest BCUT2D eigenvalue weighted by Gasteiger charge is 2.54. The topological polar surface area (TPSA) is 0 Å². The van der Waals surface area contributed by atoms with Gasteiger partial charge in [-0.25, -0.2) is 12.5 Å². The summed E-state index contributed by atoms with van der Waals surface area (Å²) in [6.07, 6.45) is 6.10. The molecule has 1 atom stereocenters. The number of hydrogen-bond acceptors (Lipinski definition) is 2. The van der Waals surface area contributed by atoms with E-state index in [2.05, 4.69) is 73.8 Å². The van der Waals surface area contributed by atoms with Crippen molar-refractivity contribution in [2.75, 3.05) is 6.26 Å². The first kappa shape index (κ1) is 18.8.